The van der Waals surface area contributed by atoms with Crippen molar-refractivity contribution in [2.75, 3.05) is 13.7 Å². The van der Waals surface area contributed by atoms with E-state index in [-0.39, 0.29) is 45.9 Å². The molecule has 0 aliphatic heterocycles. The van der Waals surface area contributed by atoms with Crippen LogP contribution in [-0.2, 0) is 14.3 Å². The Morgan fingerprint density at radius 1 is 0.944 bits per heavy atom. The first kappa shape index (κ1) is 26.4. The van der Waals surface area contributed by atoms with E-state index < -0.39 is 16.9 Å². The minimum atomic E-state index is -1.13. The van der Waals surface area contributed by atoms with E-state index in [1.807, 2.05) is 6.92 Å². The predicted octanol–water partition coefficient (Wildman–Crippen LogP) is 5.47. The molecule has 5 rings (SSSR count). The zero-order valence-electron chi connectivity index (χ0n) is 23.6. The molecule has 202 valence electrons. The summed E-state index contributed by atoms with van der Waals surface area (Å²) in [6.45, 7) is 13.7. The Balaban J connectivity index is 1.56. The summed E-state index contributed by atoms with van der Waals surface area (Å²) in [5.41, 5.74) is 0.281. The molecule has 2 unspecified atom stereocenters. The Hall–Kier alpha value is -1.20. The van der Waals surface area contributed by atoms with Crippen molar-refractivity contribution in [2.24, 2.45) is 50.2 Å². The van der Waals surface area contributed by atoms with Crippen molar-refractivity contribution in [2.45, 2.75) is 105 Å². The third-order valence-corrected chi connectivity index (χ3v) is 13.5. The Morgan fingerprint density at radius 2 is 1.56 bits per heavy atom. The number of ether oxygens (including phenoxy) is 1. The van der Waals surface area contributed by atoms with Gasteiger partial charge in [-0.2, -0.15) is 0 Å². The van der Waals surface area contributed by atoms with Crippen molar-refractivity contribution in [3.05, 3.63) is 11.6 Å². The van der Waals surface area contributed by atoms with E-state index in [4.69, 9.17) is 4.74 Å². The molecule has 0 bridgehead atoms. The number of aliphatic hydroxyl groups excluding tert-OH is 2. The Morgan fingerprint density at radius 3 is 2.19 bits per heavy atom. The van der Waals surface area contributed by atoms with Gasteiger partial charge in [0.15, 0.2) is 5.78 Å². The molecule has 2 N–H and O–H groups in total. The zero-order valence-corrected chi connectivity index (χ0v) is 23.6. The Bertz CT molecular complexity index is 1000. The van der Waals surface area contributed by atoms with Crippen LogP contribution in [0.25, 0.3) is 0 Å². The van der Waals surface area contributed by atoms with Crippen molar-refractivity contribution in [3.8, 4) is 0 Å². The number of ketones is 1. The van der Waals surface area contributed by atoms with E-state index in [1.165, 1.54) is 25.5 Å². The van der Waals surface area contributed by atoms with Gasteiger partial charge in [0, 0.05) is 5.41 Å². The molecule has 0 saturated heterocycles. The highest BCUT2D eigenvalue weighted by molar-refractivity contribution is 5.96. The SMILES string of the molecule is COC(=O)[C@]1(C)CC[C@]2(C)CC[C@]3(C)C4CCC5C(=CC(=O)[C@H](O)[C@@]5(C)CO)[C@]4(C)CC[C@@]3(C)[C@@H]2C1. The average molecular weight is 501 g/mol. The summed E-state index contributed by atoms with van der Waals surface area (Å²) >= 11 is 0. The largest absolute Gasteiger partial charge is 0.469 e. The summed E-state index contributed by atoms with van der Waals surface area (Å²) in [4.78, 5) is 25.9. The molecule has 0 spiro atoms. The van der Waals surface area contributed by atoms with Gasteiger partial charge in [-0.3, -0.25) is 9.59 Å². The van der Waals surface area contributed by atoms with Crippen molar-refractivity contribution in [1.82, 2.24) is 0 Å². The zero-order chi connectivity index (χ0) is 26.5. The maximum Gasteiger partial charge on any atom is 0.311 e. The molecule has 4 fully saturated rings. The highest BCUT2D eigenvalue weighted by Gasteiger charge is 2.70. The lowest BCUT2D eigenvalue weighted by atomic mass is 9.31. The quantitative estimate of drug-likeness (QED) is 0.491. The number of hydrogen-bond acceptors (Lipinski definition) is 5. The van der Waals surface area contributed by atoms with E-state index in [0.29, 0.717) is 11.8 Å². The molecule has 0 radical (unpaired) electrons. The number of methoxy groups -OCH3 is 1. The first-order chi connectivity index (χ1) is 16.7. The standard InChI is InChI=1S/C31H48O5/c1-26-10-11-27(2,25(35)36-7)17-23(26)31(6)15-13-28(3)20-16-21(33)24(34)29(4,18-32)19(20)8-9-22(28)30(31,5)14-12-26/h16,19,22-24,32,34H,8-15,17-18H2,1-7H3/t19?,22?,23-,24+,26-,27-,28+,29+,30-,31+/m1/s1. The number of rotatable bonds is 2. The molecule has 0 aromatic rings. The fraction of sp³-hybridized carbons (Fsp3) is 0.871. The van der Waals surface area contributed by atoms with Crippen LogP contribution in [0.1, 0.15) is 99.3 Å². The lowest BCUT2D eigenvalue weighted by Crippen LogP contribution is -2.66. The fourth-order valence-corrected chi connectivity index (χ4v) is 10.7. The molecule has 5 heteroatoms. The lowest BCUT2D eigenvalue weighted by molar-refractivity contribution is -0.227. The van der Waals surface area contributed by atoms with Gasteiger partial charge in [0.25, 0.3) is 0 Å². The number of carbonyl (C=O) groups excluding carboxylic acids is 2. The highest BCUT2D eigenvalue weighted by atomic mass is 16.5. The predicted molar refractivity (Wildman–Crippen MR) is 139 cm³/mol. The van der Waals surface area contributed by atoms with E-state index in [9.17, 15) is 19.8 Å². The Kier molecular flexibility index (Phi) is 5.80. The van der Waals surface area contributed by atoms with Crippen LogP contribution in [-0.4, -0.2) is 41.8 Å². The third-order valence-electron chi connectivity index (χ3n) is 13.5. The summed E-state index contributed by atoms with van der Waals surface area (Å²) in [5, 5.41) is 21.1. The summed E-state index contributed by atoms with van der Waals surface area (Å²) in [6, 6.07) is 0. The van der Waals surface area contributed by atoms with Crippen LogP contribution in [0.15, 0.2) is 11.6 Å². The normalized spacial score (nSPS) is 54.4. The molecular weight excluding hydrogens is 452 g/mol. The molecule has 10 atom stereocenters. The average Bonchev–Trinajstić information content (AvgIpc) is 2.85. The smallest absolute Gasteiger partial charge is 0.311 e. The number of carbonyl (C=O) groups is 2. The first-order valence-corrected chi connectivity index (χ1v) is 14.3. The molecule has 0 aromatic carbocycles. The molecule has 5 aliphatic carbocycles. The van der Waals surface area contributed by atoms with Gasteiger partial charge in [0.1, 0.15) is 6.10 Å². The number of esters is 1. The molecule has 5 aliphatic rings. The third kappa shape index (κ3) is 3.08. The Labute approximate surface area is 217 Å². The second kappa shape index (κ2) is 7.91. The molecule has 4 saturated carbocycles. The number of allylic oxidation sites excluding steroid dienone is 1. The van der Waals surface area contributed by atoms with Gasteiger partial charge >= 0.3 is 5.97 Å². The molecular formula is C31H48O5. The van der Waals surface area contributed by atoms with E-state index in [1.54, 1.807) is 6.08 Å². The molecule has 5 nitrogen and oxygen atoms in total. The van der Waals surface area contributed by atoms with Crippen molar-refractivity contribution in [1.29, 1.82) is 0 Å². The van der Waals surface area contributed by atoms with Crippen LogP contribution < -0.4 is 0 Å². The van der Waals surface area contributed by atoms with Crippen molar-refractivity contribution >= 4 is 11.8 Å². The van der Waals surface area contributed by atoms with Gasteiger partial charge in [-0.15, -0.1) is 0 Å². The first-order valence-electron chi connectivity index (χ1n) is 14.3. The summed E-state index contributed by atoms with van der Waals surface area (Å²) < 4.78 is 5.29. The summed E-state index contributed by atoms with van der Waals surface area (Å²) in [7, 11) is 1.52. The van der Waals surface area contributed by atoms with E-state index in [0.717, 1.165) is 44.9 Å². The van der Waals surface area contributed by atoms with Crippen LogP contribution >= 0.6 is 0 Å². The lowest BCUT2D eigenvalue weighted by Gasteiger charge is -2.73. The summed E-state index contributed by atoms with van der Waals surface area (Å²) in [5.74, 6) is 0.629. The second-order valence-electron chi connectivity index (χ2n) is 15.0. The van der Waals surface area contributed by atoms with Gasteiger partial charge in [-0.25, -0.2) is 0 Å². The molecule has 0 aromatic heterocycles. The maximum absolute atomic E-state index is 13.0. The van der Waals surface area contributed by atoms with Crippen LogP contribution in [0, 0.1) is 50.2 Å². The van der Waals surface area contributed by atoms with E-state index >= 15 is 0 Å². The number of fused-ring (bicyclic) bond motifs is 7. The minimum absolute atomic E-state index is 0.0376. The monoisotopic (exact) mass is 500 g/mol. The van der Waals surface area contributed by atoms with E-state index in [2.05, 4.69) is 34.6 Å². The van der Waals surface area contributed by atoms with Gasteiger partial charge in [0.2, 0.25) is 0 Å². The van der Waals surface area contributed by atoms with Crippen LogP contribution in [0.3, 0.4) is 0 Å². The molecule has 0 heterocycles. The maximum atomic E-state index is 13.0. The molecule has 36 heavy (non-hydrogen) atoms. The topological polar surface area (TPSA) is 83.8 Å². The molecule has 0 amide bonds. The fourth-order valence-electron chi connectivity index (χ4n) is 10.7. The second-order valence-corrected chi connectivity index (χ2v) is 15.0. The van der Waals surface area contributed by atoms with Gasteiger partial charge in [-0.1, -0.05) is 40.2 Å². The van der Waals surface area contributed by atoms with Crippen molar-refractivity contribution in [3.63, 3.8) is 0 Å². The van der Waals surface area contributed by atoms with Crippen LogP contribution in [0.4, 0.5) is 0 Å². The summed E-state index contributed by atoms with van der Waals surface area (Å²) in [6.07, 6.45) is 9.92. The van der Waals surface area contributed by atoms with Gasteiger partial charge in [-0.05, 0) is 110 Å². The van der Waals surface area contributed by atoms with Gasteiger partial charge < -0.3 is 14.9 Å². The van der Waals surface area contributed by atoms with Crippen LogP contribution in [0.5, 0.6) is 0 Å². The number of hydrogen-bond donors (Lipinski definition) is 2. The highest BCUT2D eigenvalue weighted by Crippen LogP contribution is 2.77. The number of aliphatic hydroxyl groups is 2. The minimum Gasteiger partial charge on any atom is -0.469 e. The van der Waals surface area contributed by atoms with Gasteiger partial charge in [0.05, 0.1) is 19.1 Å². The van der Waals surface area contributed by atoms with Crippen LogP contribution in [0.2, 0.25) is 0 Å². The van der Waals surface area contributed by atoms with Crippen molar-refractivity contribution < 1.29 is 24.5 Å².